The fraction of sp³-hybridized carbons (Fsp3) is 0. The van der Waals surface area contributed by atoms with Gasteiger partial charge in [-0.3, -0.25) is 0 Å². The minimum absolute atomic E-state index is 0.305. The highest BCUT2D eigenvalue weighted by atomic mass is 32.1. The molecule has 0 atom stereocenters. The quantitative estimate of drug-likeness (QED) is 0.235. The summed E-state index contributed by atoms with van der Waals surface area (Å²) in [5.41, 5.74) is 0. The van der Waals surface area contributed by atoms with Crippen molar-refractivity contribution < 1.29 is 8.78 Å². The summed E-state index contributed by atoms with van der Waals surface area (Å²) in [6.07, 6.45) is 0. The van der Waals surface area contributed by atoms with Gasteiger partial charge in [0, 0.05) is 18.8 Å². The minimum atomic E-state index is -0.305. The Morgan fingerprint density at radius 2 is 0.708 bits per heavy atom. The van der Waals surface area contributed by atoms with Gasteiger partial charge in [-0.25, -0.2) is 8.78 Å². The molecule has 0 spiro atoms. The van der Waals surface area contributed by atoms with E-state index in [1.165, 1.54) is 45.3 Å². The van der Waals surface area contributed by atoms with Gasteiger partial charge in [0.15, 0.2) is 11.6 Å². The minimum Gasteiger partial charge on any atom is -0.204 e. The molecule has 5 rings (SSSR count). The van der Waals surface area contributed by atoms with E-state index < -0.39 is 0 Å². The Morgan fingerprint density at radius 3 is 0.958 bits per heavy atom. The maximum atomic E-state index is 15.2. The molecule has 0 aliphatic heterocycles. The highest BCUT2D eigenvalue weighted by molar-refractivity contribution is 7.38. The highest BCUT2D eigenvalue weighted by Crippen LogP contribution is 2.44. The van der Waals surface area contributed by atoms with Gasteiger partial charge in [0.2, 0.25) is 0 Å². The first-order valence-electron chi connectivity index (χ1n) is 7.17. The summed E-state index contributed by atoms with van der Waals surface area (Å²) in [5.74, 6) is -0.610. The molecule has 0 aliphatic rings. The number of fused-ring (bicyclic) bond motifs is 4. The van der Waals surface area contributed by atoms with Gasteiger partial charge in [-0.2, -0.15) is 0 Å². The van der Waals surface area contributed by atoms with Crippen molar-refractivity contribution in [3.63, 3.8) is 0 Å². The Kier molecular flexibility index (Phi) is 3.35. The first-order chi connectivity index (χ1) is 11.7. The molecule has 0 radical (unpaired) electrons. The van der Waals surface area contributed by atoms with Gasteiger partial charge in [0.05, 0.1) is 18.8 Å². The molecule has 118 valence electrons. The van der Waals surface area contributed by atoms with Crippen LogP contribution >= 0.6 is 45.3 Å². The van der Waals surface area contributed by atoms with Crippen LogP contribution in [0.5, 0.6) is 0 Å². The highest BCUT2D eigenvalue weighted by Gasteiger charge is 2.18. The van der Waals surface area contributed by atoms with Crippen molar-refractivity contribution in [2.75, 3.05) is 0 Å². The molecule has 24 heavy (non-hydrogen) atoms. The maximum absolute atomic E-state index is 15.2. The number of hydrogen-bond acceptors (Lipinski definition) is 4. The summed E-state index contributed by atoms with van der Waals surface area (Å²) in [7, 11) is 0. The molecule has 5 aromatic rings. The number of benzene rings is 3. The molecule has 6 heteroatoms. The van der Waals surface area contributed by atoms with E-state index in [2.05, 4.69) is 0 Å². The predicted octanol–water partition coefficient (Wildman–Crippen LogP) is 7.95. The van der Waals surface area contributed by atoms with Gasteiger partial charge >= 0.3 is 0 Å². The van der Waals surface area contributed by atoms with Gasteiger partial charge in [0.25, 0.3) is 0 Å². The standard InChI is InChI=1S/C18H8F2S4/c19-13-15-16(22-10-6-2-1-5-9(10)21-15)14(20)18-17(13)23-11-7-3-4-8-12(11)24-18/h1-8H. The van der Waals surface area contributed by atoms with Gasteiger partial charge in [-0.05, 0) is 24.3 Å². The van der Waals surface area contributed by atoms with Crippen molar-refractivity contribution in [2.45, 2.75) is 0 Å². The van der Waals surface area contributed by atoms with E-state index in [1.807, 2.05) is 48.5 Å². The van der Waals surface area contributed by atoms with E-state index in [4.69, 9.17) is 0 Å². The molecule has 0 amide bonds. The third-order valence-corrected chi connectivity index (χ3v) is 8.93. The molecule has 0 bridgehead atoms. The zero-order valence-corrected chi connectivity index (χ0v) is 15.3. The van der Waals surface area contributed by atoms with Crippen LogP contribution in [0.4, 0.5) is 8.78 Å². The van der Waals surface area contributed by atoms with Crippen LogP contribution in [0.25, 0.3) is 37.6 Å². The van der Waals surface area contributed by atoms with E-state index >= 15 is 8.78 Å². The van der Waals surface area contributed by atoms with E-state index in [0.29, 0.717) is 18.8 Å². The fourth-order valence-electron chi connectivity index (χ4n) is 2.65. The molecule has 3 aromatic carbocycles. The van der Waals surface area contributed by atoms with Crippen molar-refractivity contribution >= 4 is 82.9 Å². The van der Waals surface area contributed by atoms with Crippen LogP contribution < -0.4 is 0 Å². The monoisotopic (exact) mass is 390 g/mol. The zero-order chi connectivity index (χ0) is 16.3. The van der Waals surface area contributed by atoms with E-state index in [1.54, 1.807) is 0 Å². The van der Waals surface area contributed by atoms with Gasteiger partial charge < -0.3 is 0 Å². The largest absolute Gasteiger partial charge is 0.204 e. The van der Waals surface area contributed by atoms with Crippen molar-refractivity contribution in [2.24, 2.45) is 0 Å². The molecule has 0 fully saturated rings. The van der Waals surface area contributed by atoms with E-state index in [0.717, 1.165) is 18.8 Å². The molecular weight excluding hydrogens is 382 g/mol. The average Bonchev–Trinajstić information content (AvgIpc) is 2.64. The summed E-state index contributed by atoms with van der Waals surface area (Å²) in [6, 6.07) is 15.5. The molecule has 0 N–H and O–H groups in total. The number of hydrogen-bond donors (Lipinski definition) is 0. The van der Waals surface area contributed by atoms with Gasteiger partial charge in [-0.1, -0.05) is 24.3 Å². The van der Waals surface area contributed by atoms with E-state index in [-0.39, 0.29) is 11.6 Å². The molecule has 2 aromatic heterocycles. The molecule has 0 saturated heterocycles. The molecule has 0 unspecified atom stereocenters. The predicted molar refractivity (Wildman–Crippen MR) is 106 cm³/mol. The molecule has 0 aliphatic carbocycles. The third kappa shape index (κ3) is 2.10. The normalized spacial score (nSPS) is 11.8. The van der Waals surface area contributed by atoms with Gasteiger partial charge in [-0.15, -0.1) is 45.3 Å². The SMILES string of the molecule is Fc1c2sc3ccccc3sc2c(F)c2sc3ccccc3sc12. The summed E-state index contributed by atoms with van der Waals surface area (Å²) in [5, 5.41) is 0. The first-order valence-corrected chi connectivity index (χ1v) is 10.4. The van der Waals surface area contributed by atoms with E-state index in [9.17, 15) is 0 Å². The van der Waals surface area contributed by atoms with Crippen molar-refractivity contribution in [1.29, 1.82) is 0 Å². The first kappa shape index (κ1) is 14.7. The Hall–Kier alpha value is -1.60. The number of rotatable bonds is 0. The second-order valence-electron chi connectivity index (χ2n) is 5.25. The zero-order valence-electron chi connectivity index (χ0n) is 12.0. The topological polar surface area (TPSA) is 0 Å². The van der Waals surface area contributed by atoms with Crippen LogP contribution in [0.3, 0.4) is 0 Å². The Morgan fingerprint density at radius 1 is 0.458 bits per heavy atom. The third-order valence-electron chi connectivity index (χ3n) is 3.76. The molecule has 2 heterocycles. The second-order valence-corrected chi connectivity index (χ2v) is 9.45. The van der Waals surface area contributed by atoms with Crippen LogP contribution in [0, 0.1) is 11.6 Å². The van der Waals surface area contributed by atoms with Gasteiger partial charge in [0.1, 0.15) is 0 Å². The Bertz CT molecular complexity index is 1090. The maximum Gasteiger partial charge on any atom is 0.160 e. The van der Waals surface area contributed by atoms with Crippen LogP contribution in [-0.4, -0.2) is 0 Å². The number of halogens is 2. The fourth-order valence-corrected chi connectivity index (χ4v) is 7.41. The summed E-state index contributed by atoms with van der Waals surface area (Å²) >= 11 is 5.28. The van der Waals surface area contributed by atoms with Crippen molar-refractivity contribution in [3.8, 4) is 0 Å². The summed E-state index contributed by atoms with van der Waals surface area (Å²) in [6.45, 7) is 0. The van der Waals surface area contributed by atoms with Crippen LogP contribution in [-0.2, 0) is 0 Å². The summed E-state index contributed by atoms with van der Waals surface area (Å²) < 4.78 is 35.9. The second kappa shape index (κ2) is 5.46. The van der Waals surface area contributed by atoms with Crippen LogP contribution in [0.2, 0.25) is 0 Å². The van der Waals surface area contributed by atoms with Crippen molar-refractivity contribution in [3.05, 3.63) is 60.2 Å². The lowest BCUT2D eigenvalue weighted by atomic mass is 10.3. The summed E-state index contributed by atoms with van der Waals surface area (Å²) in [4.78, 5) is 0. The molecule has 0 saturated carbocycles. The molecular formula is C18H8F2S4. The van der Waals surface area contributed by atoms with Crippen molar-refractivity contribution in [1.82, 2.24) is 0 Å². The lowest BCUT2D eigenvalue weighted by molar-refractivity contribution is 0.640. The van der Waals surface area contributed by atoms with Crippen LogP contribution in [0.15, 0.2) is 48.5 Å². The van der Waals surface area contributed by atoms with Crippen LogP contribution in [0.1, 0.15) is 0 Å². The molecule has 0 nitrogen and oxygen atoms in total. The smallest absolute Gasteiger partial charge is 0.160 e. The Balaban J connectivity index is 2.04. The lowest BCUT2D eigenvalue weighted by Crippen LogP contribution is -1.85. The lowest BCUT2D eigenvalue weighted by Gasteiger charge is -2.08. The average molecular weight is 391 g/mol. The Labute approximate surface area is 151 Å².